The second-order valence-corrected chi connectivity index (χ2v) is 8.67. The molecule has 2 atom stereocenters. The van der Waals surface area contributed by atoms with Gasteiger partial charge in [-0.25, -0.2) is 4.79 Å². The van der Waals surface area contributed by atoms with Gasteiger partial charge in [0.2, 0.25) is 0 Å². The van der Waals surface area contributed by atoms with E-state index in [9.17, 15) is 9.90 Å². The maximum absolute atomic E-state index is 12.6. The van der Waals surface area contributed by atoms with Gasteiger partial charge in [-0.05, 0) is 70.5 Å². The van der Waals surface area contributed by atoms with Crippen LogP contribution in [0.2, 0.25) is 0 Å². The number of aliphatic hydroxyl groups excluding tert-OH is 1. The number of aliphatic hydroxyl groups is 1. The lowest BCUT2D eigenvalue weighted by atomic mass is 9.88. The predicted molar refractivity (Wildman–Crippen MR) is 122 cm³/mol. The fourth-order valence-corrected chi connectivity index (χ4v) is 3.57. The molecule has 1 N–H and O–H groups in total. The van der Waals surface area contributed by atoms with Crippen molar-refractivity contribution in [1.82, 2.24) is 0 Å². The maximum atomic E-state index is 12.6. The van der Waals surface area contributed by atoms with Crippen molar-refractivity contribution in [3.8, 4) is 11.5 Å². The monoisotopic (exact) mass is 443 g/mol. The normalized spacial score (nSPS) is 19.1. The maximum Gasteiger partial charge on any atom is 0.414 e. The van der Waals surface area contributed by atoms with Gasteiger partial charge in [-0.3, -0.25) is 4.90 Å². The zero-order valence-corrected chi connectivity index (χ0v) is 19.6. The van der Waals surface area contributed by atoms with Crippen LogP contribution in [-0.4, -0.2) is 42.7 Å². The average Bonchev–Trinajstić information content (AvgIpc) is 2.75. The summed E-state index contributed by atoms with van der Waals surface area (Å²) in [7, 11) is 1.64. The first-order valence-corrected chi connectivity index (χ1v) is 10.9. The first-order chi connectivity index (χ1) is 15.1. The fourth-order valence-electron chi connectivity index (χ4n) is 3.57. The van der Waals surface area contributed by atoms with Gasteiger partial charge in [0.15, 0.2) is 0 Å². The SMILES string of the molecule is CCOc1ccc(COC(=O)N(C)c2ccc3c(c2)[C@@H](OC(C)C)[C@H](O)C(C)(C)O3)cc1. The Hall–Kier alpha value is -2.77. The largest absolute Gasteiger partial charge is 0.494 e. The molecular formula is C25H33NO6. The van der Waals surface area contributed by atoms with E-state index in [1.165, 1.54) is 4.90 Å². The molecule has 7 heteroatoms. The number of carbonyl (C=O) groups is 1. The number of anilines is 1. The first-order valence-electron chi connectivity index (χ1n) is 10.9. The molecule has 174 valence electrons. The molecule has 3 rings (SSSR count). The van der Waals surface area contributed by atoms with E-state index in [0.29, 0.717) is 23.6 Å². The van der Waals surface area contributed by atoms with Crippen LogP contribution < -0.4 is 14.4 Å². The van der Waals surface area contributed by atoms with Crippen LogP contribution in [-0.2, 0) is 16.1 Å². The molecule has 2 aromatic rings. The van der Waals surface area contributed by atoms with Gasteiger partial charge in [0.05, 0.1) is 12.7 Å². The van der Waals surface area contributed by atoms with E-state index < -0.39 is 23.9 Å². The van der Waals surface area contributed by atoms with Gasteiger partial charge in [0, 0.05) is 18.3 Å². The second kappa shape index (κ2) is 9.79. The Bertz CT molecular complexity index is 925. The molecule has 1 amide bonds. The Morgan fingerprint density at radius 2 is 1.88 bits per heavy atom. The summed E-state index contributed by atoms with van der Waals surface area (Å²) in [6.45, 7) is 10.2. The smallest absolute Gasteiger partial charge is 0.414 e. The molecule has 7 nitrogen and oxygen atoms in total. The van der Waals surface area contributed by atoms with E-state index in [1.807, 2.05) is 58.9 Å². The molecule has 0 radical (unpaired) electrons. The predicted octanol–water partition coefficient (Wildman–Crippen LogP) is 4.86. The fraction of sp³-hybridized carbons (Fsp3) is 0.480. The van der Waals surface area contributed by atoms with Gasteiger partial charge in [-0.1, -0.05) is 12.1 Å². The lowest BCUT2D eigenvalue weighted by molar-refractivity contribution is -0.147. The third kappa shape index (κ3) is 5.34. The van der Waals surface area contributed by atoms with E-state index >= 15 is 0 Å². The number of carbonyl (C=O) groups excluding carboxylic acids is 1. The Morgan fingerprint density at radius 1 is 1.19 bits per heavy atom. The Balaban J connectivity index is 1.73. The molecule has 2 aromatic carbocycles. The van der Waals surface area contributed by atoms with E-state index in [1.54, 1.807) is 25.2 Å². The summed E-state index contributed by atoms with van der Waals surface area (Å²) < 4.78 is 22.9. The number of rotatable bonds is 7. The van der Waals surface area contributed by atoms with Crippen molar-refractivity contribution in [2.45, 2.75) is 65.1 Å². The molecule has 0 bridgehead atoms. The lowest BCUT2D eigenvalue weighted by Crippen LogP contribution is -2.49. The van der Waals surface area contributed by atoms with E-state index in [-0.39, 0.29) is 12.7 Å². The molecule has 1 heterocycles. The second-order valence-electron chi connectivity index (χ2n) is 8.67. The van der Waals surface area contributed by atoms with Crippen LogP contribution in [0.4, 0.5) is 10.5 Å². The summed E-state index contributed by atoms with van der Waals surface area (Å²) in [5.41, 5.74) is 1.39. The van der Waals surface area contributed by atoms with Gasteiger partial charge >= 0.3 is 6.09 Å². The third-order valence-electron chi connectivity index (χ3n) is 5.35. The number of hydrogen-bond acceptors (Lipinski definition) is 6. The van der Waals surface area contributed by atoms with E-state index in [0.717, 1.165) is 11.3 Å². The Labute approximate surface area is 189 Å². The number of amides is 1. The summed E-state index contributed by atoms with van der Waals surface area (Å²) in [5, 5.41) is 10.8. The molecule has 0 unspecified atom stereocenters. The summed E-state index contributed by atoms with van der Waals surface area (Å²) in [6, 6.07) is 12.8. The number of hydrogen-bond donors (Lipinski definition) is 1. The first kappa shape index (κ1) is 23.9. The summed E-state index contributed by atoms with van der Waals surface area (Å²) in [4.78, 5) is 14.1. The van der Waals surface area contributed by atoms with Crippen LogP contribution in [0.15, 0.2) is 42.5 Å². The molecule has 0 fully saturated rings. The molecule has 1 aliphatic heterocycles. The van der Waals surface area contributed by atoms with E-state index in [2.05, 4.69) is 0 Å². The molecule has 0 saturated carbocycles. The number of fused-ring (bicyclic) bond motifs is 1. The highest BCUT2D eigenvalue weighted by Gasteiger charge is 2.44. The quantitative estimate of drug-likeness (QED) is 0.659. The van der Waals surface area contributed by atoms with Gasteiger partial charge in [-0.15, -0.1) is 0 Å². The number of ether oxygens (including phenoxy) is 4. The minimum atomic E-state index is -0.857. The molecule has 0 spiro atoms. The van der Waals surface area contributed by atoms with Crippen molar-refractivity contribution >= 4 is 11.8 Å². The highest BCUT2D eigenvalue weighted by atomic mass is 16.6. The number of nitrogens with zero attached hydrogens (tertiary/aromatic N) is 1. The summed E-state index contributed by atoms with van der Waals surface area (Å²) in [5.74, 6) is 1.41. The lowest BCUT2D eigenvalue weighted by Gasteiger charge is -2.42. The number of benzene rings is 2. The zero-order valence-electron chi connectivity index (χ0n) is 19.6. The van der Waals surface area contributed by atoms with Gasteiger partial charge < -0.3 is 24.1 Å². The topological polar surface area (TPSA) is 77.5 Å². The summed E-state index contributed by atoms with van der Waals surface area (Å²) >= 11 is 0. The molecule has 1 aliphatic rings. The van der Waals surface area contributed by atoms with Crippen LogP contribution in [0.1, 0.15) is 51.8 Å². The molecule has 32 heavy (non-hydrogen) atoms. The van der Waals surface area contributed by atoms with Crippen LogP contribution in [0.3, 0.4) is 0 Å². The third-order valence-corrected chi connectivity index (χ3v) is 5.35. The van der Waals surface area contributed by atoms with Crippen LogP contribution in [0, 0.1) is 0 Å². The van der Waals surface area contributed by atoms with Crippen molar-refractivity contribution in [2.24, 2.45) is 0 Å². The minimum Gasteiger partial charge on any atom is -0.494 e. The Morgan fingerprint density at radius 3 is 2.50 bits per heavy atom. The van der Waals surface area contributed by atoms with Crippen molar-refractivity contribution in [3.63, 3.8) is 0 Å². The summed E-state index contributed by atoms with van der Waals surface area (Å²) in [6.07, 6.45) is -2.00. The van der Waals surface area contributed by atoms with E-state index in [4.69, 9.17) is 18.9 Å². The van der Waals surface area contributed by atoms with Gasteiger partial charge in [-0.2, -0.15) is 0 Å². The average molecular weight is 444 g/mol. The van der Waals surface area contributed by atoms with Crippen molar-refractivity contribution in [1.29, 1.82) is 0 Å². The van der Waals surface area contributed by atoms with Gasteiger partial charge in [0.25, 0.3) is 0 Å². The van der Waals surface area contributed by atoms with Crippen LogP contribution in [0.5, 0.6) is 11.5 Å². The molecule has 0 saturated heterocycles. The standard InChI is InChI=1S/C25H33NO6/c1-7-29-19-11-8-17(9-12-19)15-30-24(28)26(6)18-10-13-21-20(14-18)22(31-16(2)3)23(27)25(4,5)32-21/h8-14,16,22-23,27H,7,15H2,1-6H3/t22-,23+/m1/s1. The molecular weight excluding hydrogens is 410 g/mol. The minimum absolute atomic E-state index is 0.0862. The highest BCUT2D eigenvalue weighted by molar-refractivity contribution is 5.87. The molecule has 0 aliphatic carbocycles. The molecule has 0 aromatic heterocycles. The highest BCUT2D eigenvalue weighted by Crippen LogP contribution is 2.43. The van der Waals surface area contributed by atoms with Crippen LogP contribution in [0.25, 0.3) is 0 Å². The van der Waals surface area contributed by atoms with Crippen molar-refractivity contribution in [3.05, 3.63) is 53.6 Å². The van der Waals surface area contributed by atoms with Gasteiger partial charge in [0.1, 0.15) is 35.9 Å². The van der Waals surface area contributed by atoms with Crippen molar-refractivity contribution in [2.75, 3.05) is 18.6 Å². The van der Waals surface area contributed by atoms with Crippen molar-refractivity contribution < 1.29 is 28.8 Å². The van der Waals surface area contributed by atoms with Crippen LogP contribution >= 0.6 is 0 Å². The zero-order chi connectivity index (χ0) is 23.5. The Kier molecular flexibility index (Phi) is 7.31.